The molecule has 0 aliphatic carbocycles. The van der Waals surface area contributed by atoms with Crippen molar-refractivity contribution in [3.05, 3.63) is 23.9 Å². The van der Waals surface area contributed by atoms with Crippen molar-refractivity contribution >= 4 is 5.82 Å². The minimum absolute atomic E-state index is 0.230. The van der Waals surface area contributed by atoms with Crippen LogP contribution in [0.2, 0.25) is 0 Å². The predicted molar refractivity (Wildman–Crippen MR) is 86.0 cm³/mol. The Morgan fingerprint density at radius 3 is 2.85 bits per heavy atom. The summed E-state index contributed by atoms with van der Waals surface area (Å²) in [4.78, 5) is 7.18. The first-order valence-electron chi connectivity index (χ1n) is 7.99. The molecule has 20 heavy (non-hydrogen) atoms. The SMILES string of the molecule is CCC(N)Cc1cccnc1N1CC(C)CC(C)C1C. The fraction of sp³-hybridized carbons (Fsp3) is 0.706. The number of rotatable bonds is 4. The van der Waals surface area contributed by atoms with E-state index in [2.05, 4.69) is 43.6 Å². The molecule has 0 bridgehead atoms. The van der Waals surface area contributed by atoms with E-state index < -0.39 is 0 Å². The van der Waals surface area contributed by atoms with Gasteiger partial charge in [0.05, 0.1) is 0 Å². The lowest BCUT2D eigenvalue weighted by Gasteiger charge is -2.42. The molecule has 1 aliphatic rings. The summed E-state index contributed by atoms with van der Waals surface area (Å²) in [6, 6.07) is 5.00. The van der Waals surface area contributed by atoms with Crippen LogP contribution in [0.15, 0.2) is 18.3 Å². The van der Waals surface area contributed by atoms with E-state index >= 15 is 0 Å². The van der Waals surface area contributed by atoms with Gasteiger partial charge in [-0.15, -0.1) is 0 Å². The molecule has 2 N–H and O–H groups in total. The minimum Gasteiger partial charge on any atom is -0.353 e. The molecule has 3 nitrogen and oxygen atoms in total. The van der Waals surface area contributed by atoms with E-state index in [1.165, 1.54) is 12.0 Å². The van der Waals surface area contributed by atoms with Gasteiger partial charge in [0.15, 0.2) is 0 Å². The molecule has 112 valence electrons. The zero-order valence-electron chi connectivity index (χ0n) is 13.3. The van der Waals surface area contributed by atoms with Crippen LogP contribution in [0.1, 0.15) is 46.1 Å². The number of pyridine rings is 1. The molecular weight excluding hydrogens is 246 g/mol. The molecule has 1 aromatic rings. The minimum atomic E-state index is 0.230. The highest BCUT2D eigenvalue weighted by Gasteiger charge is 2.30. The second-order valence-corrected chi connectivity index (χ2v) is 6.57. The van der Waals surface area contributed by atoms with Gasteiger partial charge >= 0.3 is 0 Å². The van der Waals surface area contributed by atoms with Crippen LogP contribution in [0.3, 0.4) is 0 Å². The number of nitrogens with zero attached hydrogens (tertiary/aromatic N) is 2. The molecule has 4 unspecified atom stereocenters. The van der Waals surface area contributed by atoms with Gasteiger partial charge in [-0.3, -0.25) is 0 Å². The van der Waals surface area contributed by atoms with Crippen molar-refractivity contribution in [3.63, 3.8) is 0 Å². The number of nitrogens with two attached hydrogens (primary N) is 1. The second-order valence-electron chi connectivity index (χ2n) is 6.57. The maximum atomic E-state index is 6.15. The van der Waals surface area contributed by atoms with Crippen molar-refractivity contribution in [2.75, 3.05) is 11.4 Å². The van der Waals surface area contributed by atoms with Crippen LogP contribution in [-0.4, -0.2) is 23.6 Å². The molecule has 0 radical (unpaired) electrons. The second kappa shape index (κ2) is 6.57. The van der Waals surface area contributed by atoms with E-state index in [1.807, 2.05) is 12.3 Å². The molecule has 0 aromatic carbocycles. The maximum absolute atomic E-state index is 6.15. The molecule has 1 aromatic heterocycles. The molecular formula is C17H29N3. The summed E-state index contributed by atoms with van der Waals surface area (Å²) in [7, 11) is 0. The molecule has 1 fully saturated rings. The number of anilines is 1. The Labute approximate surface area is 123 Å². The van der Waals surface area contributed by atoms with E-state index in [4.69, 9.17) is 5.73 Å². The Morgan fingerprint density at radius 2 is 2.15 bits per heavy atom. The van der Waals surface area contributed by atoms with Crippen molar-refractivity contribution in [3.8, 4) is 0 Å². The van der Waals surface area contributed by atoms with Crippen molar-refractivity contribution in [2.24, 2.45) is 17.6 Å². The van der Waals surface area contributed by atoms with Gasteiger partial charge in [-0.25, -0.2) is 4.98 Å². The number of hydrogen-bond donors (Lipinski definition) is 1. The Bertz CT molecular complexity index is 432. The molecule has 2 rings (SSSR count). The number of piperidine rings is 1. The van der Waals surface area contributed by atoms with Crippen LogP contribution in [0.5, 0.6) is 0 Å². The number of aromatic nitrogens is 1. The standard InChI is InChI=1S/C17H29N3/c1-5-16(18)10-15-7-6-8-19-17(15)20-11-12(2)9-13(3)14(20)4/h6-8,12-14,16H,5,9-11,18H2,1-4H3. The zero-order chi connectivity index (χ0) is 14.7. The first-order valence-corrected chi connectivity index (χ1v) is 7.99. The third-order valence-corrected chi connectivity index (χ3v) is 4.74. The third kappa shape index (κ3) is 3.32. The first-order chi connectivity index (χ1) is 9.52. The van der Waals surface area contributed by atoms with Gasteiger partial charge < -0.3 is 10.6 Å². The summed E-state index contributed by atoms with van der Waals surface area (Å²) in [6.45, 7) is 10.3. The summed E-state index contributed by atoms with van der Waals surface area (Å²) >= 11 is 0. The fourth-order valence-electron chi connectivity index (χ4n) is 3.27. The van der Waals surface area contributed by atoms with Gasteiger partial charge in [0.25, 0.3) is 0 Å². The first kappa shape index (κ1) is 15.3. The quantitative estimate of drug-likeness (QED) is 0.917. The lowest BCUT2D eigenvalue weighted by Crippen LogP contribution is -2.46. The van der Waals surface area contributed by atoms with Crippen LogP contribution >= 0.6 is 0 Å². The summed E-state index contributed by atoms with van der Waals surface area (Å²) in [6.07, 6.45) is 5.16. The van der Waals surface area contributed by atoms with Gasteiger partial charge in [0, 0.05) is 24.8 Å². The fourth-order valence-corrected chi connectivity index (χ4v) is 3.27. The Kier molecular flexibility index (Phi) is 5.03. The van der Waals surface area contributed by atoms with Gasteiger partial charge in [0.1, 0.15) is 5.82 Å². The summed E-state index contributed by atoms with van der Waals surface area (Å²) < 4.78 is 0. The van der Waals surface area contributed by atoms with Crippen LogP contribution in [0.25, 0.3) is 0 Å². The van der Waals surface area contributed by atoms with Crippen LogP contribution in [0.4, 0.5) is 5.82 Å². The van der Waals surface area contributed by atoms with Crippen molar-refractivity contribution in [2.45, 2.75) is 59.0 Å². The molecule has 1 aliphatic heterocycles. The van der Waals surface area contributed by atoms with Crippen LogP contribution in [0, 0.1) is 11.8 Å². The molecule has 3 heteroatoms. The summed E-state index contributed by atoms with van der Waals surface area (Å²) in [5.41, 5.74) is 7.45. The van der Waals surface area contributed by atoms with E-state index in [9.17, 15) is 0 Å². The molecule has 0 spiro atoms. The van der Waals surface area contributed by atoms with E-state index in [-0.39, 0.29) is 6.04 Å². The smallest absolute Gasteiger partial charge is 0.132 e. The predicted octanol–water partition coefficient (Wildman–Crippen LogP) is 3.23. The van der Waals surface area contributed by atoms with Gasteiger partial charge in [-0.05, 0) is 49.7 Å². The normalized spacial score (nSPS) is 28.4. The van der Waals surface area contributed by atoms with Gasteiger partial charge in [-0.2, -0.15) is 0 Å². The van der Waals surface area contributed by atoms with E-state index in [1.54, 1.807) is 0 Å². The average molecular weight is 275 g/mol. The van der Waals surface area contributed by atoms with Crippen molar-refractivity contribution in [1.29, 1.82) is 0 Å². The molecule has 0 saturated carbocycles. The van der Waals surface area contributed by atoms with Crippen LogP contribution < -0.4 is 10.6 Å². The van der Waals surface area contributed by atoms with E-state index in [0.29, 0.717) is 12.0 Å². The largest absolute Gasteiger partial charge is 0.353 e. The third-order valence-electron chi connectivity index (χ3n) is 4.74. The monoisotopic (exact) mass is 275 g/mol. The van der Waals surface area contributed by atoms with Crippen LogP contribution in [-0.2, 0) is 6.42 Å². The van der Waals surface area contributed by atoms with E-state index in [0.717, 1.165) is 31.1 Å². The molecule has 0 amide bonds. The number of hydrogen-bond acceptors (Lipinski definition) is 3. The highest BCUT2D eigenvalue weighted by molar-refractivity contribution is 5.48. The molecule has 4 atom stereocenters. The maximum Gasteiger partial charge on any atom is 0.132 e. The Balaban J connectivity index is 2.26. The lowest BCUT2D eigenvalue weighted by molar-refractivity contribution is 0.295. The Morgan fingerprint density at radius 1 is 1.40 bits per heavy atom. The van der Waals surface area contributed by atoms with Crippen molar-refractivity contribution < 1.29 is 0 Å². The molecule has 2 heterocycles. The topological polar surface area (TPSA) is 42.1 Å². The zero-order valence-corrected chi connectivity index (χ0v) is 13.3. The van der Waals surface area contributed by atoms with Gasteiger partial charge in [0.2, 0.25) is 0 Å². The summed E-state index contributed by atoms with van der Waals surface area (Å²) in [5, 5.41) is 0. The average Bonchev–Trinajstić information content (AvgIpc) is 2.43. The summed E-state index contributed by atoms with van der Waals surface area (Å²) in [5.74, 6) is 2.60. The molecule has 1 saturated heterocycles. The van der Waals surface area contributed by atoms with Gasteiger partial charge in [-0.1, -0.05) is 26.8 Å². The van der Waals surface area contributed by atoms with Crippen molar-refractivity contribution in [1.82, 2.24) is 4.98 Å². The highest BCUT2D eigenvalue weighted by atomic mass is 15.2. The lowest BCUT2D eigenvalue weighted by atomic mass is 9.85. The Hall–Kier alpha value is -1.09. The highest BCUT2D eigenvalue weighted by Crippen LogP contribution is 2.32.